The first-order valence-electron chi connectivity index (χ1n) is 6.58. The summed E-state index contributed by atoms with van der Waals surface area (Å²) >= 11 is 0. The number of hydrogen-bond acceptors (Lipinski definition) is 1. The van der Waals surface area contributed by atoms with Crippen LogP contribution in [0.15, 0.2) is 36.4 Å². The second kappa shape index (κ2) is 6.36. The Morgan fingerprint density at radius 3 is 2.72 bits per heavy atom. The lowest BCUT2D eigenvalue weighted by atomic mass is 10.00. The maximum atomic E-state index is 10.8. The van der Waals surface area contributed by atoms with Crippen LogP contribution in [0.3, 0.4) is 0 Å². The monoisotopic (exact) mass is 245 g/mol. The molecule has 0 spiro atoms. The molecule has 0 fully saturated rings. The third kappa shape index (κ3) is 3.70. The summed E-state index contributed by atoms with van der Waals surface area (Å²) in [5.41, 5.74) is 2.80. The second-order valence-electron chi connectivity index (χ2n) is 4.78. The Balaban J connectivity index is 1.83. The van der Waals surface area contributed by atoms with Crippen molar-refractivity contribution in [1.82, 2.24) is 5.32 Å². The van der Waals surface area contributed by atoms with Crippen molar-refractivity contribution in [2.75, 3.05) is 26.2 Å². The molecule has 1 aliphatic rings. The van der Waals surface area contributed by atoms with Gasteiger partial charge >= 0.3 is 0 Å². The number of quaternary nitrogens is 1. The molecular formula is C15H21N2O+. The Hall–Kier alpha value is -1.61. The van der Waals surface area contributed by atoms with Gasteiger partial charge < -0.3 is 10.2 Å². The summed E-state index contributed by atoms with van der Waals surface area (Å²) in [5, 5.41) is 2.86. The first kappa shape index (κ1) is 12.8. The van der Waals surface area contributed by atoms with Gasteiger partial charge in [0.1, 0.15) is 0 Å². The standard InChI is InChI=1S/C15H20N2O/c1-13(18)16-9-12-17-10-7-15(8-11-17)14-5-3-2-4-6-14/h2-7H,8-12H2,1H3,(H,16,18)/p+1. The van der Waals surface area contributed by atoms with Crippen LogP contribution in [0.2, 0.25) is 0 Å². The van der Waals surface area contributed by atoms with E-state index in [1.807, 2.05) is 0 Å². The van der Waals surface area contributed by atoms with Gasteiger partial charge in [0, 0.05) is 13.3 Å². The zero-order chi connectivity index (χ0) is 12.8. The first-order chi connectivity index (χ1) is 8.75. The van der Waals surface area contributed by atoms with Gasteiger partial charge in [0.25, 0.3) is 0 Å². The number of carbonyl (C=O) groups excluding carboxylic acids is 1. The molecule has 0 bridgehead atoms. The molecule has 3 nitrogen and oxygen atoms in total. The molecule has 2 N–H and O–H groups in total. The zero-order valence-corrected chi connectivity index (χ0v) is 10.9. The number of carbonyl (C=O) groups is 1. The lowest BCUT2D eigenvalue weighted by Gasteiger charge is -2.23. The number of hydrogen-bond donors (Lipinski definition) is 2. The average molecular weight is 245 g/mol. The highest BCUT2D eigenvalue weighted by Gasteiger charge is 2.15. The molecule has 0 radical (unpaired) electrons. The van der Waals surface area contributed by atoms with Crippen LogP contribution in [0.25, 0.3) is 5.57 Å². The van der Waals surface area contributed by atoms with E-state index in [-0.39, 0.29) is 5.91 Å². The van der Waals surface area contributed by atoms with Crippen molar-refractivity contribution in [1.29, 1.82) is 0 Å². The van der Waals surface area contributed by atoms with Crippen molar-refractivity contribution in [2.45, 2.75) is 13.3 Å². The van der Waals surface area contributed by atoms with Gasteiger partial charge in [-0.2, -0.15) is 0 Å². The molecule has 1 atom stereocenters. The van der Waals surface area contributed by atoms with E-state index in [0.29, 0.717) is 0 Å². The summed E-state index contributed by atoms with van der Waals surface area (Å²) in [6.45, 7) is 5.57. The molecule has 1 aromatic carbocycles. The van der Waals surface area contributed by atoms with E-state index in [1.165, 1.54) is 11.1 Å². The van der Waals surface area contributed by atoms with Gasteiger partial charge in [-0.25, -0.2) is 0 Å². The highest BCUT2D eigenvalue weighted by molar-refractivity contribution is 5.72. The molecule has 3 heteroatoms. The molecule has 0 saturated heterocycles. The van der Waals surface area contributed by atoms with Crippen LogP contribution in [0.1, 0.15) is 18.9 Å². The molecule has 1 aromatic rings. The Kier molecular flexibility index (Phi) is 4.53. The number of nitrogens with one attached hydrogen (secondary N) is 2. The smallest absolute Gasteiger partial charge is 0.217 e. The fraction of sp³-hybridized carbons (Fsp3) is 0.400. The molecule has 0 saturated carbocycles. The van der Waals surface area contributed by atoms with Crippen molar-refractivity contribution in [3.8, 4) is 0 Å². The van der Waals surface area contributed by atoms with Crippen molar-refractivity contribution in [3.63, 3.8) is 0 Å². The number of benzene rings is 1. The summed E-state index contributed by atoms with van der Waals surface area (Å²) in [6.07, 6.45) is 3.46. The molecule has 96 valence electrons. The highest BCUT2D eigenvalue weighted by Crippen LogP contribution is 2.17. The summed E-state index contributed by atoms with van der Waals surface area (Å²) in [4.78, 5) is 12.3. The maximum absolute atomic E-state index is 10.8. The summed E-state index contributed by atoms with van der Waals surface area (Å²) in [7, 11) is 0. The van der Waals surface area contributed by atoms with Gasteiger partial charge in [-0.1, -0.05) is 30.3 Å². The van der Waals surface area contributed by atoms with Crippen LogP contribution in [0, 0.1) is 0 Å². The van der Waals surface area contributed by atoms with Crippen molar-refractivity contribution < 1.29 is 9.69 Å². The van der Waals surface area contributed by atoms with Crippen LogP contribution in [0.5, 0.6) is 0 Å². The van der Waals surface area contributed by atoms with Crippen LogP contribution in [-0.4, -0.2) is 32.1 Å². The lowest BCUT2D eigenvalue weighted by Crippen LogP contribution is -3.13. The predicted octanol–water partition coefficient (Wildman–Crippen LogP) is 0.495. The SMILES string of the molecule is CC(=O)NCC[NH+]1CC=C(c2ccccc2)CC1. The third-order valence-corrected chi connectivity index (χ3v) is 3.38. The Labute approximate surface area is 108 Å². The summed E-state index contributed by atoms with van der Waals surface area (Å²) in [5.74, 6) is 0.0620. The van der Waals surface area contributed by atoms with E-state index in [9.17, 15) is 4.79 Å². The topological polar surface area (TPSA) is 33.5 Å². The Bertz CT molecular complexity index is 425. The summed E-state index contributed by atoms with van der Waals surface area (Å²) < 4.78 is 0. The van der Waals surface area contributed by atoms with Gasteiger partial charge in [-0.15, -0.1) is 0 Å². The van der Waals surface area contributed by atoms with Gasteiger partial charge in [-0.3, -0.25) is 4.79 Å². The molecule has 0 aromatic heterocycles. The largest absolute Gasteiger partial charge is 0.351 e. The highest BCUT2D eigenvalue weighted by atomic mass is 16.1. The van der Waals surface area contributed by atoms with Gasteiger partial charge in [0.15, 0.2) is 0 Å². The van der Waals surface area contributed by atoms with Crippen LogP contribution < -0.4 is 10.2 Å². The molecule has 1 unspecified atom stereocenters. The van der Waals surface area contributed by atoms with Crippen molar-refractivity contribution in [2.24, 2.45) is 0 Å². The molecule has 0 aliphatic carbocycles. The maximum Gasteiger partial charge on any atom is 0.217 e. The zero-order valence-electron chi connectivity index (χ0n) is 10.9. The molecular weight excluding hydrogens is 224 g/mol. The van der Waals surface area contributed by atoms with Crippen LogP contribution in [-0.2, 0) is 4.79 Å². The minimum Gasteiger partial charge on any atom is -0.351 e. The van der Waals surface area contributed by atoms with Crippen LogP contribution >= 0.6 is 0 Å². The van der Waals surface area contributed by atoms with Crippen LogP contribution in [0.4, 0.5) is 0 Å². The first-order valence-corrected chi connectivity index (χ1v) is 6.58. The normalized spacial score (nSPS) is 19.2. The quantitative estimate of drug-likeness (QED) is 0.795. The van der Waals surface area contributed by atoms with E-state index >= 15 is 0 Å². The summed E-state index contributed by atoms with van der Waals surface area (Å²) in [6, 6.07) is 10.6. The van der Waals surface area contributed by atoms with E-state index < -0.39 is 0 Å². The molecule has 18 heavy (non-hydrogen) atoms. The van der Waals surface area contributed by atoms with Crippen molar-refractivity contribution >= 4 is 11.5 Å². The van der Waals surface area contributed by atoms with Gasteiger partial charge in [-0.05, 0) is 17.2 Å². The molecule has 1 heterocycles. The van der Waals surface area contributed by atoms with E-state index in [4.69, 9.17) is 0 Å². The Morgan fingerprint density at radius 1 is 1.33 bits per heavy atom. The third-order valence-electron chi connectivity index (χ3n) is 3.38. The predicted molar refractivity (Wildman–Crippen MR) is 73.3 cm³/mol. The second-order valence-corrected chi connectivity index (χ2v) is 4.78. The fourth-order valence-electron chi connectivity index (χ4n) is 2.34. The van der Waals surface area contributed by atoms with Crippen molar-refractivity contribution in [3.05, 3.63) is 42.0 Å². The number of amides is 1. The minimum atomic E-state index is 0.0620. The molecule has 1 amide bonds. The van der Waals surface area contributed by atoms with E-state index in [0.717, 1.165) is 32.6 Å². The minimum absolute atomic E-state index is 0.0620. The van der Waals surface area contributed by atoms with E-state index in [2.05, 4.69) is 41.7 Å². The average Bonchev–Trinajstić information content (AvgIpc) is 2.40. The number of rotatable bonds is 4. The molecule has 1 aliphatic heterocycles. The lowest BCUT2D eigenvalue weighted by molar-refractivity contribution is -0.893. The van der Waals surface area contributed by atoms with E-state index in [1.54, 1.807) is 11.8 Å². The van der Waals surface area contributed by atoms with Gasteiger partial charge in [0.2, 0.25) is 5.91 Å². The Morgan fingerprint density at radius 2 is 2.11 bits per heavy atom. The fourth-order valence-corrected chi connectivity index (χ4v) is 2.34. The van der Waals surface area contributed by atoms with Gasteiger partial charge in [0.05, 0.1) is 26.2 Å². The molecule has 2 rings (SSSR count).